The number of anilines is 1. The van der Waals surface area contributed by atoms with E-state index in [0.717, 1.165) is 5.75 Å². The smallest absolute Gasteiger partial charge is 0.265 e. The summed E-state index contributed by atoms with van der Waals surface area (Å²) in [5, 5.41) is 4.88. The normalized spacial score (nSPS) is 17.6. The molecule has 1 aliphatic rings. The maximum atomic E-state index is 12.1. The van der Waals surface area contributed by atoms with Crippen molar-refractivity contribution in [1.82, 2.24) is 4.72 Å². The van der Waals surface area contributed by atoms with Gasteiger partial charge in [-0.2, -0.15) is 0 Å². The third-order valence-electron chi connectivity index (χ3n) is 2.98. The molecule has 0 spiro atoms. The maximum Gasteiger partial charge on any atom is 0.265 e. The lowest BCUT2D eigenvalue weighted by Gasteiger charge is -2.22. The standard InChI is InChI=1S/C15H14N2O2S2/c18-21(19)14-9-5-4-8-13(14)16-15(17-21)11-20-10-12-6-2-1-3-7-12/h1-9,11,16-17H,10H2. The Labute approximate surface area is 128 Å². The summed E-state index contributed by atoms with van der Waals surface area (Å²) in [4.78, 5) is 0.273. The van der Waals surface area contributed by atoms with Crippen LogP contribution in [-0.4, -0.2) is 8.42 Å². The monoisotopic (exact) mass is 318 g/mol. The summed E-state index contributed by atoms with van der Waals surface area (Å²) in [6, 6.07) is 16.9. The minimum atomic E-state index is -3.48. The Bertz CT molecular complexity index is 771. The molecule has 2 aromatic rings. The van der Waals surface area contributed by atoms with Crippen LogP contribution in [-0.2, 0) is 15.8 Å². The fraction of sp³-hybridized carbons (Fsp3) is 0.0667. The number of para-hydroxylation sites is 1. The molecule has 2 N–H and O–H groups in total. The van der Waals surface area contributed by atoms with Crippen LogP contribution < -0.4 is 10.0 Å². The first-order valence-electron chi connectivity index (χ1n) is 6.40. The van der Waals surface area contributed by atoms with E-state index >= 15 is 0 Å². The number of thioether (sulfide) groups is 1. The average molecular weight is 318 g/mol. The van der Waals surface area contributed by atoms with E-state index in [-0.39, 0.29) is 4.90 Å². The molecule has 1 heterocycles. The van der Waals surface area contributed by atoms with Gasteiger partial charge in [-0.15, -0.1) is 11.8 Å². The van der Waals surface area contributed by atoms with E-state index in [0.29, 0.717) is 11.5 Å². The highest BCUT2D eigenvalue weighted by Crippen LogP contribution is 2.27. The molecule has 6 heteroatoms. The van der Waals surface area contributed by atoms with E-state index < -0.39 is 10.0 Å². The Morgan fingerprint density at radius 1 is 1.00 bits per heavy atom. The highest BCUT2D eigenvalue weighted by molar-refractivity contribution is 8.01. The molecule has 0 saturated carbocycles. The molecule has 4 nitrogen and oxygen atoms in total. The number of rotatable bonds is 3. The lowest BCUT2D eigenvalue weighted by Crippen LogP contribution is -2.32. The molecule has 3 rings (SSSR count). The van der Waals surface area contributed by atoms with Crippen molar-refractivity contribution in [2.45, 2.75) is 10.6 Å². The van der Waals surface area contributed by atoms with E-state index in [2.05, 4.69) is 10.0 Å². The number of benzene rings is 2. The van der Waals surface area contributed by atoms with Gasteiger partial charge in [0.05, 0.1) is 5.69 Å². The molecule has 0 atom stereocenters. The summed E-state index contributed by atoms with van der Waals surface area (Å²) in [5.41, 5.74) is 1.79. The Balaban J connectivity index is 1.75. The summed E-state index contributed by atoms with van der Waals surface area (Å²) in [7, 11) is -3.48. The van der Waals surface area contributed by atoms with Gasteiger partial charge in [-0.1, -0.05) is 42.5 Å². The predicted octanol–water partition coefficient (Wildman–Crippen LogP) is 3.12. The van der Waals surface area contributed by atoms with Crippen LogP contribution in [0.15, 0.2) is 70.7 Å². The van der Waals surface area contributed by atoms with Crippen molar-refractivity contribution in [2.24, 2.45) is 0 Å². The Kier molecular flexibility index (Phi) is 3.90. The van der Waals surface area contributed by atoms with Crippen molar-refractivity contribution in [3.05, 3.63) is 71.4 Å². The minimum absolute atomic E-state index is 0.273. The lowest BCUT2D eigenvalue weighted by atomic mass is 10.2. The second-order valence-electron chi connectivity index (χ2n) is 4.55. The molecule has 0 amide bonds. The van der Waals surface area contributed by atoms with E-state index in [1.807, 2.05) is 30.3 Å². The molecule has 108 valence electrons. The number of nitrogens with one attached hydrogen (secondary N) is 2. The highest BCUT2D eigenvalue weighted by atomic mass is 32.2. The molecule has 0 fully saturated rings. The zero-order valence-corrected chi connectivity index (χ0v) is 12.7. The van der Waals surface area contributed by atoms with E-state index in [1.54, 1.807) is 29.7 Å². The molecule has 0 unspecified atom stereocenters. The molecular weight excluding hydrogens is 304 g/mol. The second kappa shape index (κ2) is 5.83. The summed E-state index contributed by atoms with van der Waals surface area (Å²) >= 11 is 1.54. The van der Waals surface area contributed by atoms with Gasteiger partial charge in [0.15, 0.2) is 0 Å². The molecular formula is C15H14N2O2S2. The van der Waals surface area contributed by atoms with E-state index in [4.69, 9.17) is 0 Å². The van der Waals surface area contributed by atoms with Crippen molar-refractivity contribution in [2.75, 3.05) is 5.32 Å². The maximum absolute atomic E-state index is 12.1. The van der Waals surface area contributed by atoms with Crippen molar-refractivity contribution in [3.8, 4) is 0 Å². The predicted molar refractivity (Wildman–Crippen MR) is 86.2 cm³/mol. The minimum Gasteiger partial charge on any atom is -0.340 e. The number of fused-ring (bicyclic) bond motifs is 1. The number of hydrogen-bond acceptors (Lipinski definition) is 4. The zero-order valence-electron chi connectivity index (χ0n) is 11.1. The van der Waals surface area contributed by atoms with Gasteiger partial charge in [-0.25, -0.2) is 8.42 Å². The van der Waals surface area contributed by atoms with Crippen LogP contribution in [0.1, 0.15) is 5.56 Å². The van der Waals surface area contributed by atoms with Gasteiger partial charge in [0, 0.05) is 11.2 Å². The van der Waals surface area contributed by atoms with Gasteiger partial charge in [0.25, 0.3) is 10.0 Å². The van der Waals surface area contributed by atoms with Crippen LogP contribution in [0.5, 0.6) is 0 Å². The molecule has 0 aliphatic carbocycles. The van der Waals surface area contributed by atoms with E-state index in [9.17, 15) is 8.42 Å². The quantitative estimate of drug-likeness (QED) is 0.913. The fourth-order valence-corrected chi connectivity index (χ4v) is 4.03. The summed E-state index contributed by atoms with van der Waals surface area (Å²) in [5.74, 6) is 1.27. The number of sulfonamides is 1. The van der Waals surface area contributed by atoms with Crippen LogP contribution in [0, 0.1) is 0 Å². The van der Waals surface area contributed by atoms with Gasteiger partial charge < -0.3 is 5.32 Å². The van der Waals surface area contributed by atoms with E-state index in [1.165, 1.54) is 17.3 Å². The third-order valence-corrected chi connectivity index (χ3v) is 5.31. The molecule has 1 aliphatic heterocycles. The Morgan fingerprint density at radius 2 is 1.71 bits per heavy atom. The topological polar surface area (TPSA) is 58.2 Å². The fourth-order valence-electron chi connectivity index (χ4n) is 2.02. The zero-order chi connectivity index (χ0) is 14.7. The summed E-state index contributed by atoms with van der Waals surface area (Å²) < 4.78 is 26.8. The van der Waals surface area contributed by atoms with Crippen LogP contribution in [0.3, 0.4) is 0 Å². The van der Waals surface area contributed by atoms with Gasteiger partial charge in [0.2, 0.25) is 0 Å². The lowest BCUT2D eigenvalue weighted by molar-refractivity contribution is 0.587. The molecule has 0 saturated heterocycles. The molecule has 2 aromatic carbocycles. The number of hydrogen-bond donors (Lipinski definition) is 2. The Hall–Kier alpha value is -1.92. The summed E-state index contributed by atoms with van der Waals surface area (Å²) in [6.07, 6.45) is 0. The highest BCUT2D eigenvalue weighted by Gasteiger charge is 2.24. The van der Waals surface area contributed by atoms with Crippen molar-refractivity contribution in [1.29, 1.82) is 0 Å². The van der Waals surface area contributed by atoms with Gasteiger partial charge in [-0.3, -0.25) is 4.72 Å². The molecule has 0 aromatic heterocycles. The molecule has 0 bridgehead atoms. The average Bonchev–Trinajstić information content (AvgIpc) is 2.48. The first-order valence-corrected chi connectivity index (χ1v) is 8.93. The largest absolute Gasteiger partial charge is 0.340 e. The van der Waals surface area contributed by atoms with Crippen molar-refractivity contribution >= 4 is 27.5 Å². The molecule has 21 heavy (non-hydrogen) atoms. The third kappa shape index (κ3) is 3.22. The van der Waals surface area contributed by atoms with Gasteiger partial charge >= 0.3 is 0 Å². The Morgan fingerprint density at radius 3 is 2.52 bits per heavy atom. The van der Waals surface area contributed by atoms with Crippen LogP contribution in [0.4, 0.5) is 5.69 Å². The van der Waals surface area contributed by atoms with Crippen molar-refractivity contribution < 1.29 is 8.42 Å². The van der Waals surface area contributed by atoms with Gasteiger partial charge in [0.1, 0.15) is 10.7 Å². The summed E-state index contributed by atoms with van der Waals surface area (Å²) in [6.45, 7) is 0. The first kappa shape index (κ1) is 14.0. The SMILES string of the molecule is O=S1(=O)NC(=CSCc2ccccc2)Nc2ccccc21. The first-order chi connectivity index (χ1) is 10.1. The second-order valence-corrected chi connectivity index (χ2v) is 7.06. The van der Waals surface area contributed by atoms with Crippen molar-refractivity contribution in [3.63, 3.8) is 0 Å². The van der Waals surface area contributed by atoms with Gasteiger partial charge in [-0.05, 0) is 17.7 Å². The van der Waals surface area contributed by atoms with Crippen LogP contribution >= 0.6 is 11.8 Å². The molecule has 0 radical (unpaired) electrons. The van der Waals surface area contributed by atoms with Crippen LogP contribution in [0.2, 0.25) is 0 Å². The van der Waals surface area contributed by atoms with Crippen LogP contribution in [0.25, 0.3) is 0 Å².